The molecule has 5 nitrogen and oxygen atoms in total. The Morgan fingerprint density at radius 2 is 1.95 bits per heavy atom. The van der Waals surface area contributed by atoms with E-state index in [0.717, 1.165) is 17.2 Å². The summed E-state index contributed by atoms with van der Waals surface area (Å²) in [4.78, 5) is 12.6. The van der Waals surface area contributed by atoms with Crippen molar-refractivity contribution in [2.75, 3.05) is 5.32 Å². The summed E-state index contributed by atoms with van der Waals surface area (Å²) in [6.45, 7) is 6.43. The van der Waals surface area contributed by atoms with Crippen LogP contribution in [0.2, 0.25) is 0 Å². The van der Waals surface area contributed by atoms with E-state index in [-0.39, 0.29) is 24.0 Å². The maximum Gasteiger partial charge on any atom is 0.193 e. The molecule has 21 heavy (non-hydrogen) atoms. The molecule has 3 N–H and O–H groups in total. The van der Waals surface area contributed by atoms with E-state index in [0.29, 0.717) is 12.5 Å². The van der Waals surface area contributed by atoms with Crippen molar-refractivity contribution in [1.82, 2.24) is 9.97 Å². The highest BCUT2D eigenvalue weighted by molar-refractivity contribution is 14.0. The number of benzene rings is 1. The van der Waals surface area contributed by atoms with Gasteiger partial charge < -0.3 is 11.1 Å². The molecule has 2 rings (SSSR count). The molecule has 0 radical (unpaired) electrons. The lowest BCUT2D eigenvalue weighted by Gasteiger charge is -2.08. The van der Waals surface area contributed by atoms with Crippen molar-refractivity contribution >= 4 is 35.6 Å². The summed E-state index contributed by atoms with van der Waals surface area (Å²) in [5, 5.41) is 3.08. The maximum atomic E-state index is 5.88. The molecule has 0 aliphatic rings. The van der Waals surface area contributed by atoms with Gasteiger partial charge in [-0.15, -0.1) is 24.0 Å². The van der Waals surface area contributed by atoms with Crippen LogP contribution in [-0.2, 0) is 6.54 Å². The first-order valence-electron chi connectivity index (χ1n) is 6.47. The molecular weight excluding hydrogens is 377 g/mol. The molecular formula is C15H20IN5. The van der Waals surface area contributed by atoms with Gasteiger partial charge in [0.2, 0.25) is 0 Å². The van der Waals surface area contributed by atoms with Gasteiger partial charge in [-0.25, -0.2) is 15.0 Å². The van der Waals surface area contributed by atoms with E-state index in [9.17, 15) is 0 Å². The Kier molecular flexibility index (Phi) is 6.54. The van der Waals surface area contributed by atoms with Gasteiger partial charge in [0.1, 0.15) is 5.82 Å². The first-order chi connectivity index (χ1) is 9.54. The van der Waals surface area contributed by atoms with Gasteiger partial charge in [0.05, 0.1) is 12.2 Å². The molecule has 0 aliphatic heterocycles. The predicted octanol–water partition coefficient (Wildman–Crippen LogP) is 2.95. The number of aliphatic imine (C=N–C) groups is 1. The molecule has 0 unspecified atom stereocenters. The number of hydrogen-bond acceptors (Lipinski definition) is 3. The summed E-state index contributed by atoms with van der Waals surface area (Å²) in [5.74, 6) is 1.11. The Labute approximate surface area is 142 Å². The fourth-order valence-electron chi connectivity index (χ4n) is 1.77. The molecule has 1 aromatic heterocycles. The molecule has 0 atom stereocenters. The molecule has 0 saturated carbocycles. The minimum atomic E-state index is 0. The molecule has 0 spiro atoms. The summed E-state index contributed by atoms with van der Waals surface area (Å²) in [6, 6.07) is 7.92. The smallest absolute Gasteiger partial charge is 0.193 e. The van der Waals surface area contributed by atoms with E-state index >= 15 is 0 Å². The second-order valence-corrected chi connectivity index (χ2v) is 4.72. The summed E-state index contributed by atoms with van der Waals surface area (Å²) >= 11 is 0. The van der Waals surface area contributed by atoms with E-state index in [2.05, 4.69) is 40.2 Å². The third kappa shape index (κ3) is 5.30. The van der Waals surface area contributed by atoms with Crippen LogP contribution in [0.15, 0.2) is 35.5 Å². The molecule has 1 heterocycles. The van der Waals surface area contributed by atoms with Crippen LogP contribution in [0.1, 0.15) is 22.6 Å². The fourth-order valence-corrected chi connectivity index (χ4v) is 1.77. The van der Waals surface area contributed by atoms with E-state index in [1.807, 2.05) is 25.1 Å². The quantitative estimate of drug-likeness (QED) is 0.475. The molecule has 6 heteroatoms. The molecule has 0 amide bonds. The lowest BCUT2D eigenvalue weighted by Crippen LogP contribution is -2.22. The topological polar surface area (TPSA) is 76.2 Å². The summed E-state index contributed by atoms with van der Waals surface area (Å²) in [6.07, 6.45) is 1.72. The normalized spacial score (nSPS) is 10.9. The Bertz CT molecular complexity index is 640. The minimum absolute atomic E-state index is 0. The minimum Gasteiger partial charge on any atom is -0.370 e. The van der Waals surface area contributed by atoms with Crippen molar-refractivity contribution in [3.63, 3.8) is 0 Å². The molecule has 0 saturated heterocycles. The molecule has 0 aliphatic carbocycles. The van der Waals surface area contributed by atoms with Crippen LogP contribution in [0.4, 0.5) is 5.69 Å². The fraction of sp³-hybridized carbons (Fsp3) is 0.267. The van der Waals surface area contributed by atoms with E-state index in [1.54, 1.807) is 6.20 Å². The number of guanidine groups is 1. The number of aryl methyl sites for hydroxylation is 3. The number of nitrogens with two attached hydrogens (primary N) is 1. The van der Waals surface area contributed by atoms with Crippen LogP contribution in [0.3, 0.4) is 0 Å². The van der Waals surface area contributed by atoms with E-state index in [1.165, 1.54) is 11.1 Å². The summed E-state index contributed by atoms with van der Waals surface area (Å²) < 4.78 is 0. The zero-order valence-electron chi connectivity index (χ0n) is 12.4. The van der Waals surface area contributed by atoms with Gasteiger partial charge in [0, 0.05) is 11.9 Å². The lowest BCUT2D eigenvalue weighted by molar-refractivity contribution is 0.924. The number of nitrogens with one attached hydrogen (secondary N) is 1. The van der Waals surface area contributed by atoms with Crippen molar-refractivity contribution in [3.8, 4) is 0 Å². The SMILES string of the molecule is Cc1nccc(CN=C(N)Nc2ccc(C)c(C)c2)n1.I. The Hall–Kier alpha value is -1.70. The molecule has 0 fully saturated rings. The number of hydrogen-bond donors (Lipinski definition) is 2. The number of halogens is 1. The first-order valence-corrected chi connectivity index (χ1v) is 6.47. The largest absolute Gasteiger partial charge is 0.370 e. The monoisotopic (exact) mass is 397 g/mol. The van der Waals surface area contributed by atoms with Crippen molar-refractivity contribution in [2.24, 2.45) is 10.7 Å². The van der Waals surface area contributed by atoms with E-state index < -0.39 is 0 Å². The zero-order chi connectivity index (χ0) is 14.5. The summed E-state index contributed by atoms with van der Waals surface area (Å²) in [7, 11) is 0. The van der Waals surface area contributed by atoms with Gasteiger partial charge >= 0.3 is 0 Å². The second kappa shape index (κ2) is 7.92. The molecule has 0 bridgehead atoms. The average Bonchev–Trinajstić information content (AvgIpc) is 2.41. The number of nitrogens with zero attached hydrogens (tertiary/aromatic N) is 3. The van der Waals surface area contributed by atoms with Crippen LogP contribution in [0.5, 0.6) is 0 Å². The standard InChI is InChI=1S/C15H19N5.HI/c1-10-4-5-13(8-11(10)2)20-15(16)18-9-14-6-7-17-12(3)19-14;/h4-8H,9H2,1-3H3,(H3,16,18,20);1H. The number of anilines is 1. The van der Waals surface area contributed by atoms with Crippen LogP contribution in [-0.4, -0.2) is 15.9 Å². The first kappa shape index (κ1) is 17.4. The Morgan fingerprint density at radius 1 is 1.19 bits per heavy atom. The predicted molar refractivity (Wildman–Crippen MR) is 97.0 cm³/mol. The van der Waals surface area contributed by atoms with Crippen LogP contribution in [0, 0.1) is 20.8 Å². The maximum absolute atomic E-state index is 5.88. The van der Waals surface area contributed by atoms with Crippen molar-refractivity contribution < 1.29 is 0 Å². The summed E-state index contributed by atoms with van der Waals surface area (Å²) in [5.41, 5.74) is 10.1. The van der Waals surface area contributed by atoms with Crippen LogP contribution in [0.25, 0.3) is 0 Å². The van der Waals surface area contributed by atoms with Gasteiger partial charge in [-0.1, -0.05) is 6.07 Å². The molecule has 2 aromatic rings. The van der Waals surface area contributed by atoms with Gasteiger partial charge in [-0.05, 0) is 50.1 Å². The zero-order valence-corrected chi connectivity index (χ0v) is 14.8. The van der Waals surface area contributed by atoms with E-state index in [4.69, 9.17) is 5.73 Å². The Morgan fingerprint density at radius 3 is 2.62 bits per heavy atom. The average molecular weight is 397 g/mol. The van der Waals surface area contributed by atoms with Crippen LogP contribution >= 0.6 is 24.0 Å². The lowest BCUT2D eigenvalue weighted by atomic mass is 10.1. The van der Waals surface area contributed by atoms with Gasteiger partial charge in [-0.3, -0.25) is 0 Å². The third-order valence-electron chi connectivity index (χ3n) is 3.02. The highest BCUT2D eigenvalue weighted by Crippen LogP contribution is 2.13. The molecule has 1 aromatic carbocycles. The second-order valence-electron chi connectivity index (χ2n) is 4.72. The third-order valence-corrected chi connectivity index (χ3v) is 3.02. The highest BCUT2D eigenvalue weighted by Gasteiger charge is 1.99. The van der Waals surface area contributed by atoms with Crippen molar-refractivity contribution in [3.05, 3.63) is 53.1 Å². The number of aromatic nitrogens is 2. The van der Waals surface area contributed by atoms with Crippen molar-refractivity contribution in [2.45, 2.75) is 27.3 Å². The molecule has 112 valence electrons. The highest BCUT2D eigenvalue weighted by atomic mass is 127. The van der Waals surface area contributed by atoms with Gasteiger partial charge in [-0.2, -0.15) is 0 Å². The van der Waals surface area contributed by atoms with Crippen LogP contribution < -0.4 is 11.1 Å². The van der Waals surface area contributed by atoms with Gasteiger partial charge in [0.25, 0.3) is 0 Å². The Balaban J connectivity index is 0.00000220. The van der Waals surface area contributed by atoms with Crippen molar-refractivity contribution in [1.29, 1.82) is 0 Å². The van der Waals surface area contributed by atoms with Gasteiger partial charge in [0.15, 0.2) is 5.96 Å². The number of rotatable bonds is 3.